The second-order valence-electron chi connectivity index (χ2n) is 4.56. The summed E-state index contributed by atoms with van der Waals surface area (Å²) in [6.45, 7) is 0. The molecule has 0 aliphatic carbocycles. The van der Waals surface area contributed by atoms with Gasteiger partial charge in [0.05, 0.1) is 5.38 Å². The molecule has 3 rings (SSSR count). The minimum Gasteiger partial charge on any atom is -0.157 e. The van der Waals surface area contributed by atoms with Crippen molar-refractivity contribution in [1.82, 2.24) is 0 Å². The van der Waals surface area contributed by atoms with Crippen LogP contribution < -0.4 is 0 Å². The molecule has 0 spiro atoms. The van der Waals surface area contributed by atoms with Crippen LogP contribution in [0.3, 0.4) is 0 Å². The number of hydrogen-bond acceptors (Lipinski definition) is 2. The van der Waals surface area contributed by atoms with E-state index in [2.05, 4.69) is 30.3 Å². The Morgan fingerprint density at radius 1 is 1.22 bits per heavy atom. The SMILES string of the molecule is ClC(Cc1ccccc1)c1cc2c(s1)CCSC2. The van der Waals surface area contributed by atoms with Crippen LogP contribution in [0.5, 0.6) is 0 Å². The number of rotatable bonds is 3. The first-order valence-corrected chi connectivity index (χ1v) is 8.61. The number of fused-ring (bicyclic) bond motifs is 1. The average Bonchev–Trinajstić information content (AvgIpc) is 2.84. The maximum Gasteiger partial charge on any atom is 0.0719 e. The Bertz CT molecular complexity index is 495. The monoisotopic (exact) mass is 294 g/mol. The standard InChI is InChI=1S/C15H15ClS2/c16-13(8-11-4-2-1-3-5-11)15-9-12-10-17-7-6-14(12)18-15/h1-5,9,13H,6-8,10H2. The predicted octanol–water partition coefficient (Wildman–Crippen LogP) is 5.06. The lowest BCUT2D eigenvalue weighted by Gasteiger charge is -2.08. The fourth-order valence-corrected chi connectivity index (χ4v) is 4.98. The molecule has 0 saturated heterocycles. The molecule has 1 aromatic carbocycles. The second-order valence-corrected chi connectivity index (χ2v) is 7.36. The van der Waals surface area contributed by atoms with Gasteiger partial charge < -0.3 is 0 Å². The lowest BCUT2D eigenvalue weighted by atomic mass is 10.1. The van der Waals surface area contributed by atoms with E-state index in [0.717, 1.165) is 6.42 Å². The van der Waals surface area contributed by atoms with Gasteiger partial charge in [0, 0.05) is 15.5 Å². The number of aryl methyl sites for hydroxylation is 1. The smallest absolute Gasteiger partial charge is 0.0719 e. The molecule has 0 nitrogen and oxygen atoms in total. The van der Waals surface area contributed by atoms with Crippen molar-refractivity contribution in [2.45, 2.75) is 24.0 Å². The van der Waals surface area contributed by atoms with Crippen LogP contribution in [0.1, 0.15) is 26.3 Å². The minimum absolute atomic E-state index is 0.119. The third-order valence-corrected chi connectivity index (χ3v) is 6.09. The van der Waals surface area contributed by atoms with Gasteiger partial charge in [-0.2, -0.15) is 11.8 Å². The molecule has 3 heteroatoms. The Balaban J connectivity index is 1.76. The fraction of sp³-hybridized carbons (Fsp3) is 0.333. The van der Waals surface area contributed by atoms with Gasteiger partial charge in [-0.15, -0.1) is 22.9 Å². The van der Waals surface area contributed by atoms with Crippen LogP contribution in [0.2, 0.25) is 0 Å². The third-order valence-electron chi connectivity index (χ3n) is 3.21. The molecular formula is C15H15ClS2. The highest BCUT2D eigenvalue weighted by molar-refractivity contribution is 7.98. The Morgan fingerprint density at radius 2 is 2.06 bits per heavy atom. The first-order valence-electron chi connectivity index (χ1n) is 6.20. The molecule has 2 heterocycles. The summed E-state index contributed by atoms with van der Waals surface area (Å²) in [5, 5.41) is 0.119. The first kappa shape index (κ1) is 12.6. The van der Waals surface area contributed by atoms with Gasteiger partial charge in [-0.1, -0.05) is 30.3 Å². The topological polar surface area (TPSA) is 0 Å². The molecule has 0 radical (unpaired) electrons. The van der Waals surface area contributed by atoms with Crippen LogP contribution in [0.4, 0.5) is 0 Å². The number of thioether (sulfide) groups is 1. The van der Waals surface area contributed by atoms with Crippen LogP contribution in [0.25, 0.3) is 0 Å². The van der Waals surface area contributed by atoms with Crippen molar-refractivity contribution in [2.24, 2.45) is 0 Å². The molecule has 1 aliphatic heterocycles. The lowest BCUT2D eigenvalue weighted by molar-refractivity contribution is 0.939. The Kier molecular flexibility index (Phi) is 3.97. The molecule has 1 aliphatic rings. The van der Waals surface area contributed by atoms with Gasteiger partial charge in [0.2, 0.25) is 0 Å². The fourth-order valence-electron chi connectivity index (χ4n) is 2.25. The summed E-state index contributed by atoms with van der Waals surface area (Å²) in [5.41, 5.74) is 2.84. The molecule has 0 saturated carbocycles. The molecular weight excluding hydrogens is 280 g/mol. The van der Waals surface area contributed by atoms with Crippen LogP contribution in [-0.2, 0) is 18.6 Å². The van der Waals surface area contributed by atoms with Crippen molar-refractivity contribution >= 4 is 34.7 Å². The average molecular weight is 295 g/mol. The van der Waals surface area contributed by atoms with Crippen LogP contribution in [0.15, 0.2) is 36.4 Å². The normalized spacial score (nSPS) is 16.3. The van der Waals surface area contributed by atoms with E-state index in [1.165, 1.54) is 33.9 Å². The zero-order valence-electron chi connectivity index (χ0n) is 10.1. The summed E-state index contributed by atoms with van der Waals surface area (Å²) in [6, 6.07) is 12.8. The van der Waals surface area contributed by atoms with E-state index >= 15 is 0 Å². The van der Waals surface area contributed by atoms with Crippen molar-refractivity contribution in [3.8, 4) is 0 Å². The van der Waals surface area contributed by atoms with Gasteiger partial charge in [0.1, 0.15) is 0 Å². The summed E-state index contributed by atoms with van der Waals surface area (Å²) in [4.78, 5) is 2.90. The second kappa shape index (κ2) is 5.68. The number of hydrogen-bond donors (Lipinski definition) is 0. The Hall–Kier alpha value is -0.440. The summed E-state index contributed by atoms with van der Waals surface area (Å²) in [6.07, 6.45) is 2.15. The van der Waals surface area contributed by atoms with Crippen molar-refractivity contribution in [3.63, 3.8) is 0 Å². The molecule has 18 heavy (non-hydrogen) atoms. The summed E-state index contributed by atoms with van der Waals surface area (Å²) in [5.74, 6) is 2.43. The van der Waals surface area contributed by atoms with Crippen molar-refractivity contribution in [1.29, 1.82) is 0 Å². The highest BCUT2D eigenvalue weighted by Crippen LogP contribution is 2.37. The van der Waals surface area contributed by atoms with Crippen LogP contribution in [0, 0.1) is 0 Å². The molecule has 1 atom stereocenters. The van der Waals surface area contributed by atoms with Crippen molar-refractivity contribution in [2.75, 3.05) is 5.75 Å². The van der Waals surface area contributed by atoms with E-state index in [0.29, 0.717) is 0 Å². The van der Waals surface area contributed by atoms with Crippen LogP contribution >= 0.6 is 34.7 Å². The Labute approximate surface area is 121 Å². The van der Waals surface area contributed by atoms with Gasteiger partial charge >= 0.3 is 0 Å². The number of halogens is 1. The zero-order chi connectivity index (χ0) is 12.4. The van der Waals surface area contributed by atoms with E-state index in [-0.39, 0.29) is 5.38 Å². The molecule has 0 amide bonds. The van der Waals surface area contributed by atoms with Crippen LogP contribution in [-0.4, -0.2) is 5.75 Å². The molecule has 2 aromatic rings. The largest absolute Gasteiger partial charge is 0.157 e. The summed E-state index contributed by atoms with van der Waals surface area (Å²) in [7, 11) is 0. The molecule has 94 valence electrons. The number of benzene rings is 1. The van der Waals surface area contributed by atoms with E-state index < -0.39 is 0 Å². The maximum absolute atomic E-state index is 6.56. The Morgan fingerprint density at radius 3 is 2.83 bits per heavy atom. The zero-order valence-corrected chi connectivity index (χ0v) is 12.5. The highest BCUT2D eigenvalue weighted by Gasteiger charge is 2.18. The van der Waals surface area contributed by atoms with Crippen molar-refractivity contribution in [3.05, 3.63) is 57.3 Å². The van der Waals surface area contributed by atoms with Gasteiger partial charge in [0.25, 0.3) is 0 Å². The maximum atomic E-state index is 6.56. The summed E-state index contributed by atoms with van der Waals surface area (Å²) < 4.78 is 0. The molecule has 0 N–H and O–H groups in total. The highest BCUT2D eigenvalue weighted by atomic mass is 35.5. The molecule has 1 aromatic heterocycles. The molecule has 0 fully saturated rings. The van der Waals surface area contributed by atoms with E-state index in [4.69, 9.17) is 11.6 Å². The lowest BCUT2D eigenvalue weighted by Crippen LogP contribution is -1.96. The minimum atomic E-state index is 0.119. The van der Waals surface area contributed by atoms with Crippen molar-refractivity contribution < 1.29 is 0 Å². The van der Waals surface area contributed by atoms with Gasteiger partial charge in [-0.3, -0.25) is 0 Å². The van der Waals surface area contributed by atoms with Gasteiger partial charge in [-0.05, 0) is 35.8 Å². The van der Waals surface area contributed by atoms with E-state index in [9.17, 15) is 0 Å². The molecule has 1 unspecified atom stereocenters. The summed E-state index contributed by atoms with van der Waals surface area (Å²) >= 11 is 10.5. The van der Waals surface area contributed by atoms with E-state index in [1.807, 2.05) is 29.2 Å². The first-order chi connectivity index (χ1) is 8.83. The van der Waals surface area contributed by atoms with Gasteiger partial charge in [-0.25, -0.2) is 0 Å². The van der Waals surface area contributed by atoms with Gasteiger partial charge in [0.15, 0.2) is 0 Å². The third kappa shape index (κ3) is 2.76. The quantitative estimate of drug-likeness (QED) is 0.713. The number of thiophene rings is 1. The molecule has 0 bridgehead atoms. The predicted molar refractivity (Wildman–Crippen MR) is 82.9 cm³/mol. The number of alkyl halides is 1. The van der Waals surface area contributed by atoms with E-state index in [1.54, 1.807) is 4.88 Å².